The molecule has 0 saturated carbocycles. The molecule has 94 valence electrons. The molecule has 2 nitrogen and oxygen atoms in total. The van der Waals surface area contributed by atoms with Crippen molar-refractivity contribution in [1.82, 2.24) is 0 Å². The number of hydrogen-bond donors (Lipinski definition) is 1. The average Bonchev–Trinajstić information content (AvgIpc) is 2.75. The van der Waals surface area contributed by atoms with Gasteiger partial charge in [-0.1, -0.05) is 13.0 Å². The molecule has 17 heavy (non-hydrogen) atoms. The van der Waals surface area contributed by atoms with Crippen molar-refractivity contribution in [2.75, 3.05) is 11.4 Å². The minimum atomic E-state index is -0.260. The second-order valence-electron chi connectivity index (χ2n) is 4.86. The van der Waals surface area contributed by atoms with Gasteiger partial charge in [-0.25, -0.2) is 4.39 Å². The highest BCUT2D eigenvalue weighted by Gasteiger charge is 2.26. The lowest BCUT2D eigenvalue weighted by Gasteiger charge is -2.29. The van der Waals surface area contributed by atoms with Crippen molar-refractivity contribution >= 4 is 5.69 Å². The quantitative estimate of drug-likeness (QED) is 0.873. The van der Waals surface area contributed by atoms with Gasteiger partial charge in [-0.15, -0.1) is 0 Å². The fourth-order valence-electron chi connectivity index (χ4n) is 2.80. The molecular formula is C14H21FN2. The molecule has 1 aliphatic heterocycles. The maximum absolute atomic E-state index is 13.9. The molecule has 2 N–H and O–H groups in total. The summed E-state index contributed by atoms with van der Waals surface area (Å²) < 4.78 is 13.9. The Labute approximate surface area is 103 Å². The van der Waals surface area contributed by atoms with Crippen LogP contribution in [0.25, 0.3) is 0 Å². The lowest BCUT2D eigenvalue weighted by Crippen LogP contribution is -2.30. The molecule has 0 aliphatic carbocycles. The van der Waals surface area contributed by atoms with E-state index in [9.17, 15) is 4.39 Å². The highest BCUT2D eigenvalue weighted by molar-refractivity contribution is 5.57. The molecule has 1 aromatic rings. The molecule has 0 radical (unpaired) electrons. The van der Waals surface area contributed by atoms with Crippen molar-refractivity contribution < 1.29 is 4.39 Å². The number of rotatable bonds is 3. The molecule has 1 aliphatic rings. The molecule has 1 aromatic carbocycles. The van der Waals surface area contributed by atoms with E-state index in [-0.39, 0.29) is 11.9 Å². The maximum Gasteiger partial charge on any atom is 0.130 e. The Morgan fingerprint density at radius 1 is 1.53 bits per heavy atom. The van der Waals surface area contributed by atoms with Gasteiger partial charge in [-0.2, -0.15) is 0 Å². The van der Waals surface area contributed by atoms with E-state index < -0.39 is 0 Å². The van der Waals surface area contributed by atoms with Crippen molar-refractivity contribution in [3.05, 3.63) is 29.6 Å². The van der Waals surface area contributed by atoms with Gasteiger partial charge in [-0.3, -0.25) is 0 Å². The molecule has 1 fully saturated rings. The Balaban J connectivity index is 2.40. The van der Waals surface area contributed by atoms with Gasteiger partial charge in [0.25, 0.3) is 0 Å². The van der Waals surface area contributed by atoms with Crippen LogP contribution >= 0.6 is 0 Å². The normalized spacial score (nSPS) is 21.9. The Morgan fingerprint density at radius 2 is 2.29 bits per heavy atom. The third kappa shape index (κ3) is 2.29. The molecule has 2 atom stereocenters. The zero-order valence-corrected chi connectivity index (χ0v) is 10.6. The van der Waals surface area contributed by atoms with Crippen molar-refractivity contribution in [2.45, 2.75) is 45.2 Å². The van der Waals surface area contributed by atoms with Gasteiger partial charge in [0.05, 0.1) is 0 Å². The fourth-order valence-corrected chi connectivity index (χ4v) is 2.80. The Bertz CT molecular complexity index is 390. The van der Waals surface area contributed by atoms with Gasteiger partial charge >= 0.3 is 0 Å². The van der Waals surface area contributed by atoms with E-state index >= 15 is 0 Å². The van der Waals surface area contributed by atoms with Crippen LogP contribution in [0.5, 0.6) is 0 Å². The van der Waals surface area contributed by atoms with Crippen LogP contribution in [0, 0.1) is 5.82 Å². The van der Waals surface area contributed by atoms with Crippen LogP contribution in [0.15, 0.2) is 18.2 Å². The summed E-state index contributed by atoms with van der Waals surface area (Å²) in [6, 6.07) is 5.55. The first-order chi connectivity index (χ1) is 8.15. The van der Waals surface area contributed by atoms with E-state index in [0.717, 1.165) is 18.7 Å². The monoisotopic (exact) mass is 236 g/mol. The van der Waals surface area contributed by atoms with Gasteiger partial charge in [0.2, 0.25) is 0 Å². The maximum atomic E-state index is 13.9. The summed E-state index contributed by atoms with van der Waals surface area (Å²) in [7, 11) is 0. The summed E-state index contributed by atoms with van der Waals surface area (Å²) in [6.45, 7) is 5.05. The summed E-state index contributed by atoms with van der Waals surface area (Å²) in [5, 5.41) is 0. The standard InChI is InChI=1S/C14H21FN2/c1-3-11-6-5-9-17(11)13-8-4-7-12(15)14(13)10(2)16/h4,7-8,10-11H,3,5-6,9,16H2,1-2H3/t10-,11?/m0/s1. The first-order valence-corrected chi connectivity index (χ1v) is 6.45. The van der Waals surface area contributed by atoms with Crippen LogP contribution in [-0.4, -0.2) is 12.6 Å². The summed E-state index contributed by atoms with van der Waals surface area (Å²) in [6.07, 6.45) is 3.49. The second kappa shape index (κ2) is 5.05. The number of anilines is 1. The van der Waals surface area contributed by atoms with Crippen LogP contribution in [0.1, 0.15) is 44.7 Å². The molecule has 3 heteroatoms. The summed E-state index contributed by atoms with van der Waals surface area (Å²) in [4.78, 5) is 2.32. The lowest BCUT2D eigenvalue weighted by molar-refractivity contribution is 0.586. The third-order valence-corrected chi connectivity index (χ3v) is 3.64. The second-order valence-corrected chi connectivity index (χ2v) is 4.86. The SMILES string of the molecule is CCC1CCCN1c1cccc(F)c1[C@H](C)N. The van der Waals surface area contributed by atoms with Crippen LogP contribution in [-0.2, 0) is 0 Å². The van der Waals surface area contributed by atoms with E-state index in [1.54, 1.807) is 6.07 Å². The van der Waals surface area contributed by atoms with Gasteiger partial charge in [0, 0.05) is 29.9 Å². The van der Waals surface area contributed by atoms with Crippen LogP contribution in [0.4, 0.5) is 10.1 Å². The van der Waals surface area contributed by atoms with Crippen molar-refractivity contribution in [1.29, 1.82) is 0 Å². The minimum Gasteiger partial charge on any atom is -0.368 e. The predicted molar refractivity (Wildman–Crippen MR) is 69.7 cm³/mol. The van der Waals surface area contributed by atoms with Gasteiger partial charge in [-0.05, 0) is 38.3 Å². The van der Waals surface area contributed by atoms with E-state index in [1.165, 1.54) is 18.9 Å². The van der Waals surface area contributed by atoms with Crippen LogP contribution < -0.4 is 10.6 Å². The van der Waals surface area contributed by atoms with E-state index in [2.05, 4.69) is 11.8 Å². The number of hydrogen-bond acceptors (Lipinski definition) is 2. The molecule has 2 rings (SSSR count). The summed E-state index contributed by atoms with van der Waals surface area (Å²) >= 11 is 0. The van der Waals surface area contributed by atoms with Gasteiger partial charge in [0.15, 0.2) is 0 Å². The van der Waals surface area contributed by atoms with Crippen molar-refractivity contribution in [3.63, 3.8) is 0 Å². The number of halogens is 1. The van der Waals surface area contributed by atoms with Crippen LogP contribution in [0.3, 0.4) is 0 Å². The minimum absolute atomic E-state index is 0.181. The number of nitrogens with zero attached hydrogens (tertiary/aromatic N) is 1. The zero-order chi connectivity index (χ0) is 12.4. The van der Waals surface area contributed by atoms with Gasteiger partial charge < -0.3 is 10.6 Å². The van der Waals surface area contributed by atoms with Crippen molar-refractivity contribution in [2.24, 2.45) is 5.73 Å². The molecule has 1 heterocycles. The summed E-state index contributed by atoms with van der Waals surface area (Å²) in [5.41, 5.74) is 7.55. The molecule has 1 unspecified atom stereocenters. The number of nitrogens with two attached hydrogens (primary N) is 1. The predicted octanol–water partition coefficient (Wildman–Crippen LogP) is 3.22. The first kappa shape index (κ1) is 12.4. The average molecular weight is 236 g/mol. The van der Waals surface area contributed by atoms with Gasteiger partial charge in [0.1, 0.15) is 5.82 Å². The highest BCUT2D eigenvalue weighted by atomic mass is 19.1. The van der Waals surface area contributed by atoms with E-state index in [1.807, 2.05) is 13.0 Å². The smallest absolute Gasteiger partial charge is 0.130 e. The van der Waals surface area contributed by atoms with E-state index in [4.69, 9.17) is 5.73 Å². The molecule has 1 saturated heterocycles. The molecule has 0 aromatic heterocycles. The third-order valence-electron chi connectivity index (χ3n) is 3.64. The highest BCUT2D eigenvalue weighted by Crippen LogP contribution is 2.33. The van der Waals surface area contributed by atoms with E-state index in [0.29, 0.717) is 11.6 Å². The Kier molecular flexibility index (Phi) is 3.67. The molecular weight excluding hydrogens is 215 g/mol. The summed E-state index contributed by atoms with van der Waals surface area (Å²) in [5.74, 6) is -0.181. The zero-order valence-electron chi connectivity index (χ0n) is 10.6. The first-order valence-electron chi connectivity index (χ1n) is 6.45. The largest absolute Gasteiger partial charge is 0.368 e. The molecule has 0 bridgehead atoms. The lowest BCUT2D eigenvalue weighted by atomic mass is 10.0. The Hall–Kier alpha value is -1.09. The fraction of sp³-hybridized carbons (Fsp3) is 0.571. The Morgan fingerprint density at radius 3 is 2.94 bits per heavy atom. The molecule has 0 spiro atoms. The topological polar surface area (TPSA) is 29.3 Å². The van der Waals surface area contributed by atoms with Crippen LogP contribution in [0.2, 0.25) is 0 Å². The number of benzene rings is 1. The van der Waals surface area contributed by atoms with Crippen molar-refractivity contribution in [3.8, 4) is 0 Å². The molecule has 0 amide bonds.